The topological polar surface area (TPSA) is 57.5 Å². The van der Waals surface area contributed by atoms with Crippen molar-refractivity contribution >= 4 is 5.78 Å². The maximum absolute atomic E-state index is 12.2. The van der Waals surface area contributed by atoms with E-state index in [-0.39, 0.29) is 17.6 Å². The van der Waals surface area contributed by atoms with Gasteiger partial charge in [0.05, 0.1) is 11.7 Å². The van der Waals surface area contributed by atoms with Crippen molar-refractivity contribution < 1.29 is 15.0 Å². The zero-order valence-electron chi connectivity index (χ0n) is 15.0. The maximum atomic E-state index is 12.2. The summed E-state index contributed by atoms with van der Waals surface area (Å²) in [6.07, 6.45) is 8.37. The lowest BCUT2D eigenvalue weighted by Gasteiger charge is -2.21. The number of allylic oxidation sites excluding steroid dienone is 4. The number of rotatable bonds is 0. The molecule has 1 fully saturated rings. The summed E-state index contributed by atoms with van der Waals surface area (Å²) >= 11 is 0. The van der Waals surface area contributed by atoms with Crippen molar-refractivity contribution in [3.05, 3.63) is 35.5 Å². The molecular weight excluding hydrogens is 288 g/mol. The van der Waals surface area contributed by atoms with Crippen molar-refractivity contribution in [3.63, 3.8) is 0 Å². The fraction of sp³-hybridized carbons (Fsp3) is 0.650. The molecule has 0 unspecified atom stereocenters. The lowest BCUT2D eigenvalue weighted by Crippen LogP contribution is -2.27. The summed E-state index contributed by atoms with van der Waals surface area (Å²) in [5.74, 6) is 0.951. The molecule has 0 aromatic rings. The lowest BCUT2D eigenvalue weighted by molar-refractivity contribution is -0.111. The molecule has 0 aromatic carbocycles. The van der Waals surface area contributed by atoms with E-state index in [1.807, 2.05) is 19.9 Å². The first-order valence-corrected chi connectivity index (χ1v) is 8.52. The zero-order chi connectivity index (χ0) is 17.4. The first-order valence-electron chi connectivity index (χ1n) is 8.52. The van der Waals surface area contributed by atoms with Crippen LogP contribution in [0.25, 0.3) is 0 Å². The molecule has 4 atom stereocenters. The van der Waals surface area contributed by atoms with Crippen LogP contribution in [0.4, 0.5) is 0 Å². The van der Waals surface area contributed by atoms with Crippen molar-refractivity contribution in [2.24, 2.45) is 17.3 Å². The number of carbonyl (C=O) groups is 1. The van der Waals surface area contributed by atoms with E-state index in [4.69, 9.17) is 0 Å². The molecular formula is C20H30O3. The van der Waals surface area contributed by atoms with Crippen molar-refractivity contribution in [2.75, 3.05) is 0 Å². The van der Waals surface area contributed by atoms with Gasteiger partial charge < -0.3 is 10.2 Å². The molecule has 3 nitrogen and oxygen atoms in total. The molecule has 0 radical (unpaired) electrons. The molecule has 0 heterocycles. The van der Waals surface area contributed by atoms with Crippen LogP contribution in [-0.4, -0.2) is 27.7 Å². The Hall–Kier alpha value is -1.19. The summed E-state index contributed by atoms with van der Waals surface area (Å²) in [5.41, 5.74) is 0.933. The van der Waals surface area contributed by atoms with E-state index in [1.54, 1.807) is 6.92 Å². The van der Waals surface area contributed by atoms with Crippen LogP contribution in [0.1, 0.15) is 53.9 Å². The molecule has 0 aromatic heterocycles. The van der Waals surface area contributed by atoms with Crippen molar-refractivity contribution in [1.82, 2.24) is 0 Å². The molecule has 0 bridgehead atoms. The Bertz CT molecular complexity index is 563. The second-order valence-electron chi connectivity index (χ2n) is 8.18. The van der Waals surface area contributed by atoms with Gasteiger partial charge in [-0.1, -0.05) is 31.6 Å². The Labute approximate surface area is 139 Å². The lowest BCUT2D eigenvalue weighted by atomic mass is 9.94. The van der Waals surface area contributed by atoms with Crippen LogP contribution < -0.4 is 0 Å². The molecule has 0 spiro atoms. The van der Waals surface area contributed by atoms with E-state index < -0.39 is 11.7 Å². The summed E-state index contributed by atoms with van der Waals surface area (Å²) in [4.78, 5) is 12.2. The largest absolute Gasteiger partial charge is 0.389 e. The van der Waals surface area contributed by atoms with E-state index in [2.05, 4.69) is 19.9 Å². The Morgan fingerprint density at radius 1 is 1.17 bits per heavy atom. The zero-order valence-corrected chi connectivity index (χ0v) is 15.0. The van der Waals surface area contributed by atoms with Gasteiger partial charge in [-0.25, -0.2) is 0 Å². The summed E-state index contributed by atoms with van der Waals surface area (Å²) < 4.78 is 0. The minimum atomic E-state index is -1.20. The fourth-order valence-electron chi connectivity index (χ4n) is 3.75. The average molecular weight is 318 g/mol. The first kappa shape index (κ1) is 18.2. The van der Waals surface area contributed by atoms with E-state index >= 15 is 0 Å². The molecule has 2 N–H and O–H groups in total. The highest BCUT2D eigenvalue weighted by molar-refractivity contribution is 6.03. The molecule has 2 aliphatic rings. The Morgan fingerprint density at radius 3 is 2.48 bits per heavy atom. The third kappa shape index (κ3) is 4.42. The maximum Gasteiger partial charge on any atom is 0.181 e. The second kappa shape index (κ2) is 6.37. The van der Waals surface area contributed by atoms with E-state index in [0.29, 0.717) is 11.8 Å². The second-order valence-corrected chi connectivity index (χ2v) is 8.18. The van der Waals surface area contributed by atoms with Crippen LogP contribution in [0.2, 0.25) is 0 Å². The summed E-state index contributed by atoms with van der Waals surface area (Å²) in [7, 11) is 0. The molecule has 2 aliphatic carbocycles. The molecule has 3 heteroatoms. The van der Waals surface area contributed by atoms with Gasteiger partial charge >= 0.3 is 0 Å². The van der Waals surface area contributed by atoms with Gasteiger partial charge in [0.2, 0.25) is 0 Å². The molecule has 0 aliphatic heterocycles. The van der Waals surface area contributed by atoms with Crippen molar-refractivity contribution in [2.45, 2.75) is 65.6 Å². The van der Waals surface area contributed by atoms with Crippen molar-refractivity contribution in [3.8, 4) is 0 Å². The summed E-state index contributed by atoms with van der Waals surface area (Å²) in [6.45, 7) is 10.0. The normalized spacial score (nSPS) is 44.1. The van der Waals surface area contributed by atoms with Crippen LogP contribution in [0.15, 0.2) is 35.5 Å². The van der Waals surface area contributed by atoms with Crippen LogP contribution in [0.3, 0.4) is 0 Å². The number of aliphatic hydroxyl groups is 2. The van der Waals surface area contributed by atoms with Gasteiger partial charge in [-0.2, -0.15) is 0 Å². The summed E-state index contributed by atoms with van der Waals surface area (Å²) in [5, 5.41) is 20.5. The van der Waals surface area contributed by atoms with Crippen LogP contribution in [-0.2, 0) is 4.79 Å². The Kier molecular flexibility index (Phi) is 5.03. The first-order chi connectivity index (χ1) is 10.5. The number of aliphatic hydroxyl groups excluding tert-OH is 1. The molecule has 1 saturated carbocycles. The van der Waals surface area contributed by atoms with Gasteiger partial charge in [-0.05, 0) is 68.6 Å². The molecule has 0 saturated heterocycles. The van der Waals surface area contributed by atoms with Gasteiger partial charge in [0, 0.05) is 6.42 Å². The number of hydrogen-bond acceptors (Lipinski definition) is 3. The van der Waals surface area contributed by atoms with E-state index in [9.17, 15) is 15.0 Å². The standard InChI is InChI=1S/C20H30O3/c1-13-6-7-16-17(19(16,3)4)11-14(2)18(22)8-9-20(5,23)12-15(21)10-13/h8-11,15-17,21,23H,6-7,12H2,1-5H3/b9-8+,13-10+,14-11+/t15-,16+,17-,20-/m1/s1. The Balaban J connectivity index is 2.29. The highest BCUT2D eigenvalue weighted by atomic mass is 16.3. The highest BCUT2D eigenvalue weighted by Gasteiger charge is 2.55. The van der Waals surface area contributed by atoms with Gasteiger partial charge in [0.15, 0.2) is 5.78 Å². The third-order valence-corrected chi connectivity index (χ3v) is 5.50. The smallest absolute Gasteiger partial charge is 0.181 e. The summed E-state index contributed by atoms with van der Waals surface area (Å²) in [6, 6.07) is 0. The number of ketones is 1. The van der Waals surface area contributed by atoms with Crippen LogP contribution in [0, 0.1) is 17.3 Å². The monoisotopic (exact) mass is 318 g/mol. The average Bonchev–Trinajstić information content (AvgIpc) is 2.92. The van der Waals surface area contributed by atoms with Crippen LogP contribution in [0.5, 0.6) is 0 Å². The van der Waals surface area contributed by atoms with Gasteiger partial charge in [-0.15, -0.1) is 0 Å². The Morgan fingerprint density at radius 2 is 1.83 bits per heavy atom. The third-order valence-electron chi connectivity index (χ3n) is 5.50. The van der Waals surface area contributed by atoms with Gasteiger partial charge in [0.25, 0.3) is 0 Å². The van der Waals surface area contributed by atoms with E-state index in [1.165, 1.54) is 12.2 Å². The number of hydrogen-bond donors (Lipinski definition) is 2. The van der Waals surface area contributed by atoms with Gasteiger partial charge in [0.1, 0.15) is 0 Å². The fourth-order valence-corrected chi connectivity index (χ4v) is 3.75. The van der Waals surface area contributed by atoms with E-state index in [0.717, 1.165) is 24.0 Å². The molecule has 2 rings (SSSR count). The quantitative estimate of drug-likeness (QED) is 0.671. The number of carbonyl (C=O) groups excluding carboxylic acids is 1. The SMILES string of the molecule is C/C1=C\[C@@H](O)C[C@](C)(O)/C=C/C(=O)/C(C)=C/[C@@H]2[C@H](CC1)C2(C)C. The highest BCUT2D eigenvalue weighted by Crippen LogP contribution is 2.61. The molecule has 0 amide bonds. The minimum absolute atomic E-state index is 0.0648. The van der Waals surface area contributed by atoms with Crippen molar-refractivity contribution in [1.29, 1.82) is 0 Å². The van der Waals surface area contributed by atoms with Gasteiger partial charge in [-0.3, -0.25) is 4.79 Å². The molecule has 23 heavy (non-hydrogen) atoms. The van der Waals surface area contributed by atoms with Crippen LogP contribution >= 0.6 is 0 Å². The molecule has 128 valence electrons. The predicted octanol–water partition coefficient (Wildman–Crippen LogP) is 3.57. The minimum Gasteiger partial charge on any atom is -0.389 e. The predicted molar refractivity (Wildman–Crippen MR) is 92.9 cm³/mol. The number of fused-ring (bicyclic) bond motifs is 1.